The van der Waals surface area contributed by atoms with E-state index in [0.717, 1.165) is 25.9 Å². The van der Waals surface area contributed by atoms with Crippen molar-refractivity contribution in [3.8, 4) is 0 Å². The first-order chi connectivity index (χ1) is 14.7. The van der Waals surface area contributed by atoms with E-state index in [4.69, 9.17) is 5.11 Å². The fraction of sp³-hybridized carbons (Fsp3) is 0.429. The van der Waals surface area contributed by atoms with E-state index in [0.29, 0.717) is 38.5 Å². The molecular weight excluding hydrogens is 466 g/mol. The number of fused-ring (bicyclic) bond motifs is 1. The van der Waals surface area contributed by atoms with Crippen molar-refractivity contribution in [1.82, 2.24) is 19.8 Å². The molecule has 3 amide bonds. The molecule has 9 nitrogen and oxygen atoms in total. The third-order valence-corrected chi connectivity index (χ3v) is 6.58. The first-order valence-electron chi connectivity index (χ1n) is 10.2. The Morgan fingerprint density at radius 1 is 1.13 bits per heavy atom. The maximum Gasteiger partial charge on any atom is 0.407 e. The van der Waals surface area contributed by atoms with Crippen molar-refractivity contribution in [3.05, 3.63) is 34.3 Å². The quantitative estimate of drug-likeness (QED) is 0.635. The highest BCUT2D eigenvalue weighted by atomic mass is 79.9. The van der Waals surface area contributed by atoms with Crippen molar-refractivity contribution in [2.75, 3.05) is 31.6 Å². The summed E-state index contributed by atoms with van der Waals surface area (Å²) in [7, 11) is 0. The zero-order valence-electron chi connectivity index (χ0n) is 17.3. The Morgan fingerprint density at radius 3 is 2.39 bits per heavy atom. The summed E-state index contributed by atoms with van der Waals surface area (Å²) >= 11 is 3.47. The predicted molar refractivity (Wildman–Crippen MR) is 118 cm³/mol. The fourth-order valence-corrected chi connectivity index (χ4v) is 4.32. The number of carbonyl (C=O) groups excluding carboxylic acids is 2. The molecule has 0 radical (unpaired) electrons. The third-order valence-electron chi connectivity index (χ3n) is 6.09. The van der Waals surface area contributed by atoms with Crippen LogP contribution in [-0.2, 0) is 16.1 Å². The molecule has 0 saturated carbocycles. The minimum Gasteiger partial charge on any atom is -0.465 e. The molecule has 2 N–H and O–H groups in total. The summed E-state index contributed by atoms with van der Waals surface area (Å²) < 4.78 is 0.876. The van der Waals surface area contributed by atoms with Gasteiger partial charge in [0.2, 0.25) is 0 Å². The van der Waals surface area contributed by atoms with E-state index in [1.807, 2.05) is 24.3 Å². The molecular formula is C21H24BrN5O4. The van der Waals surface area contributed by atoms with Crippen LogP contribution in [0.1, 0.15) is 19.4 Å². The maximum atomic E-state index is 12.5. The van der Waals surface area contributed by atoms with Gasteiger partial charge in [0.05, 0.1) is 5.52 Å². The van der Waals surface area contributed by atoms with Gasteiger partial charge in [-0.05, 0) is 23.8 Å². The van der Waals surface area contributed by atoms with Crippen LogP contribution in [0.5, 0.6) is 0 Å². The highest BCUT2D eigenvalue weighted by Crippen LogP contribution is 2.29. The lowest BCUT2D eigenvalue weighted by atomic mass is 10.00. The summed E-state index contributed by atoms with van der Waals surface area (Å²) in [6, 6.07) is 7.68. The number of rotatable bonds is 4. The lowest BCUT2D eigenvalue weighted by Crippen LogP contribution is -2.47. The standard InChI is InChI=1S/C21H24BrN5O4/c1-12-13(2)20(29)27(19(12)28)24-18-9-14(16-4-3-15(22)10-17(16)23-18)11-25-5-7-26(8-6-25)21(30)31/h3-4,9-10,12-13H,5-8,11H2,1-2H3,(H,23,24)(H,30,31). The lowest BCUT2D eigenvalue weighted by Gasteiger charge is -2.33. The van der Waals surface area contributed by atoms with Crippen molar-refractivity contribution < 1.29 is 19.5 Å². The van der Waals surface area contributed by atoms with E-state index in [1.54, 1.807) is 13.8 Å². The molecule has 0 spiro atoms. The first kappa shape index (κ1) is 21.5. The average Bonchev–Trinajstić information content (AvgIpc) is 2.91. The lowest BCUT2D eigenvalue weighted by molar-refractivity contribution is -0.138. The minimum atomic E-state index is -0.895. The van der Waals surface area contributed by atoms with E-state index < -0.39 is 6.09 Å². The van der Waals surface area contributed by atoms with E-state index >= 15 is 0 Å². The number of nitrogens with zero attached hydrogens (tertiary/aromatic N) is 4. The number of piperazine rings is 1. The number of hydrogen-bond acceptors (Lipinski definition) is 6. The van der Waals surface area contributed by atoms with Crippen LogP contribution in [0.3, 0.4) is 0 Å². The van der Waals surface area contributed by atoms with Crippen LogP contribution in [0.2, 0.25) is 0 Å². The number of carboxylic acid groups (broad SMARTS) is 1. The number of aromatic nitrogens is 1. The highest BCUT2D eigenvalue weighted by Gasteiger charge is 2.43. The van der Waals surface area contributed by atoms with Crippen LogP contribution in [-0.4, -0.2) is 69.0 Å². The van der Waals surface area contributed by atoms with Crippen LogP contribution in [0.4, 0.5) is 10.6 Å². The number of hydrazine groups is 1. The summed E-state index contributed by atoms with van der Waals surface area (Å²) in [5.41, 5.74) is 4.64. The number of nitrogens with one attached hydrogen (secondary N) is 1. The molecule has 2 atom stereocenters. The molecule has 3 heterocycles. The Balaban J connectivity index is 1.61. The van der Waals surface area contributed by atoms with Crippen LogP contribution >= 0.6 is 15.9 Å². The van der Waals surface area contributed by atoms with Gasteiger partial charge in [0, 0.05) is 54.4 Å². The number of hydrogen-bond donors (Lipinski definition) is 2. The number of benzene rings is 1. The molecule has 1 aromatic heterocycles. The van der Waals surface area contributed by atoms with Gasteiger partial charge in [-0.1, -0.05) is 35.8 Å². The predicted octanol–water partition coefficient (Wildman–Crippen LogP) is 2.76. The zero-order chi connectivity index (χ0) is 22.3. The van der Waals surface area contributed by atoms with Gasteiger partial charge >= 0.3 is 6.09 Å². The molecule has 10 heteroatoms. The van der Waals surface area contributed by atoms with E-state index in [-0.39, 0.29) is 23.7 Å². The SMILES string of the molecule is CC1C(=O)N(Nc2cc(CN3CCN(C(=O)O)CC3)c3ccc(Br)cc3n2)C(=O)C1C. The summed E-state index contributed by atoms with van der Waals surface area (Å²) in [6.07, 6.45) is -0.895. The molecule has 2 aromatic rings. The molecule has 0 bridgehead atoms. The van der Waals surface area contributed by atoms with Crippen molar-refractivity contribution in [2.45, 2.75) is 20.4 Å². The van der Waals surface area contributed by atoms with Gasteiger partial charge in [-0.3, -0.25) is 19.9 Å². The van der Waals surface area contributed by atoms with E-state index in [1.165, 1.54) is 4.90 Å². The van der Waals surface area contributed by atoms with Gasteiger partial charge < -0.3 is 10.0 Å². The summed E-state index contributed by atoms with van der Waals surface area (Å²) in [5, 5.41) is 11.2. The topological polar surface area (TPSA) is 106 Å². The monoisotopic (exact) mass is 489 g/mol. The first-order valence-corrected chi connectivity index (χ1v) is 11.0. The summed E-state index contributed by atoms with van der Waals surface area (Å²) in [4.78, 5) is 44.3. The zero-order valence-corrected chi connectivity index (χ0v) is 18.9. The molecule has 31 heavy (non-hydrogen) atoms. The Hall–Kier alpha value is -2.72. The Kier molecular flexibility index (Phi) is 5.85. The van der Waals surface area contributed by atoms with E-state index in [9.17, 15) is 14.4 Å². The third kappa shape index (κ3) is 4.22. The largest absolute Gasteiger partial charge is 0.465 e. The van der Waals surface area contributed by atoms with Gasteiger partial charge in [0.15, 0.2) is 0 Å². The fourth-order valence-electron chi connectivity index (χ4n) is 3.97. The normalized spacial score (nSPS) is 22.4. The second-order valence-corrected chi connectivity index (χ2v) is 8.99. The van der Waals surface area contributed by atoms with Crippen LogP contribution in [0.15, 0.2) is 28.7 Å². The van der Waals surface area contributed by atoms with Gasteiger partial charge in [-0.2, -0.15) is 5.01 Å². The molecule has 2 aliphatic heterocycles. The van der Waals surface area contributed by atoms with Gasteiger partial charge in [0.25, 0.3) is 11.8 Å². The second-order valence-electron chi connectivity index (χ2n) is 8.07. The number of halogens is 1. The maximum absolute atomic E-state index is 12.5. The highest BCUT2D eigenvalue weighted by molar-refractivity contribution is 9.10. The number of amides is 3. The molecule has 2 unspecified atom stereocenters. The van der Waals surface area contributed by atoms with Crippen LogP contribution in [0.25, 0.3) is 10.9 Å². The molecule has 1 aromatic carbocycles. The van der Waals surface area contributed by atoms with Crippen LogP contribution < -0.4 is 5.43 Å². The number of anilines is 1. The second kappa shape index (κ2) is 8.43. The summed E-state index contributed by atoms with van der Waals surface area (Å²) in [6.45, 7) is 6.29. The Bertz CT molecular complexity index is 1030. The van der Waals surface area contributed by atoms with Gasteiger partial charge in [-0.25, -0.2) is 9.78 Å². The smallest absolute Gasteiger partial charge is 0.407 e. The summed E-state index contributed by atoms with van der Waals surface area (Å²) in [5.74, 6) is -0.855. The van der Waals surface area contributed by atoms with Gasteiger partial charge in [-0.15, -0.1) is 0 Å². The number of carbonyl (C=O) groups is 3. The molecule has 0 aliphatic carbocycles. The average molecular weight is 490 g/mol. The number of imide groups is 1. The van der Waals surface area contributed by atoms with Crippen molar-refractivity contribution in [2.24, 2.45) is 11.8 Å². The minimum absolute atomic E-state index is 0.264. The molecule has 2 saturated heterocycles. The van der Waals surface area contributed by atoms with Crippen molar-refractivity contribution >= 4 is 50.6 Å². The molecule has 2 aliphatic rings. The molecule has 2 fully saturated rings. The van der Waals surface area contributed by atoms with Crippen molar-refractivity contribution in [3.63, 3.8) is 0 Å². The Labute approximate surface area is 188 Å². The molecule has 164 valence electrons. The van der Waals surface area contributed by atoms with Crippen LogP contribution in [0, 0.1) is 11.8 Å². The van der Waals surface area contributed by atoms with E-state index in [2.05, 4.69) is 31.2 Å². The molecule has 4 rings (SSSR count). The van der Waals surface area contributed by atoms with Gasteiger partial charge in [0.1, 0.15) is 5.82 Å². The van der Waals surface area contributed by atoms with Crippen molar-refractivity contribution in [1.29, 1.82) is 0 Å². The Morgan fingerprint density at radius 2 is 1.77 bits per heavy atom. The number of pyridine rings is 1.